The average Bonchev–Trinajstić information content (AvgIpc) is 3.79. The molecule has 4 saturated heterocycles. The van der Waals surface area contributed by atoms with E-state index < -0.39 is 52.3 Å². The summed E-state index contributed by atoms with van der Waals surface area (Å²) in [6.45, 7) is 8.78. The molecule has 2 N–H and O–H groups in total. The van der Waals surface area contributed by atoms with E-state index in [1.807, 2.05) is 4.90 Å². The summed E-state index contributed by atoms with van der Waals surface area (Å²) >= 11 is 0. The first-order chi connectivity index (χ1) is 26.3. The minimum atomic E-state index is -4.90. The Morgan fingerprint density at radius 1 is 1.09 bits per heavy atom. The number of anilines is 2. The number of nitrogens with two attached hydrogens (primary N) is 1. The minimum absolute atomic E-state index is 0.0280. The molecule has 0 bridgehead atoms. The molecular formula is C38H46F5N9O4. The van der Waals surface area contributed by atoms with Crippen molar-refractivity contribution in [2.24, 2.45) is 0 Å². The molecule has 4 aliphatic heterocycles. The van der Waals surface area contributed by atoms with E-state index in [-0.39, 0.29) is 78.2 Å². The van der Waals surface area contributed by atoms with Gasteiger partial charge in [-0.2, -0.15) is 23.1 Å². The normalized spacial score (nSPS) is 24.2. The fraction of sp³-hybridized carbons (Fsp3) is 0.579. The van der Waals surface area contributed by atoms with Crippen LogP contribution in [0.5, 0.6) is 6.01 Å². The van der Waals surface area contributed by atoms with Gasteiger partial charge in [0.25, 0.3) is 0 Å². The van der Waals surface area contributed by atoms with Crippen LogP contribution in [0.25, 0.3) is 22.3 Å². The number of pyridine rings is 2. The highest BCUT2D eigenvalue weighted by Gasteiger charge is 2.49. The second kappa shape index (κ2) is 14.6. The van der Waals surface area contributed by atoms with Crippen LogP contribution in [-0.4, -0.2) is 122 Å². The molecule has 0 unspecified atom stereocenters. The molecule has 302 valence electrons. The molecule has 0 saturated carbocycles. The second-order valence-corrected chi connectivity index (χ2v) is 16.2. The van der Waals surface area contributed by atoms with Crippen molar-refractivity contribution in [3.63, 3.8) is 0 Å². The minimum Gasteiger partial charge on any atom is -0.461 e. The summed E-state index contributed by atoms with van der Waals surface area (Å²) in [6, 6.07) is 0.239. The van der Waals surface area contributed by atoms with E-state index in [4.69, 9.17) is 15.2 Å². The Bertz CT molecular complexity index is 2060. The molecule has 3 aromatic heterocycles. The quantitative estimate of drug-likeness (QED) is 0.222. The molecule has 0 radical (unpaired) electrons. The molecule has 4 atom stereocenters. The van der Waals surface area contributed by atoms with Gasteiger partial charge in [0.1, 0.15) is 46.9 Å². The summed E-state index contributed by atoms with van der Waals surface area (Å²) in [7, 11) is 1.71. The zero-order valence-electron chi connectivity index (χ0n) is 32.0. The van der Waals surface area contributed by atoms with Crippen LogP contribution in [-0.2, 0) is 15.7 Å². The molecule has 0 spiro atoms. The van der Waals surface area contributed by atoms with E-state index >= 15 is 4.39 Å². The summed E-state index contributed by atoms with van der Waals surface area (Å²) in [5.74, 6) is -1.49. The van der Waals surface area contributed by atoms with E-state index in [9.17, 15) is 27.2 Å². The molecule has 7 heterocycles. The Balaban J connectivity index is 1.18. The highest BCUT2D eigenvalue weighted by Crippen LogP contribution is 2.42. The summed E-state index contributed by atoms with van der Waals surface area (Å²) < 4.78 is 85.7. The number of amides is 2. The highest BCUT2D eigenvalue weighted by molar-refractivity contribution is 5.92. The van der Waals surface area contributed by atoms with Crippen LogP contribution in [0, 0.1) is 12.7 Å². The topological polar surface area (TPSA) is 143 Å². The number of nitrogen functional groups attached to an aromatic ring is 1. The molecule has 0 aromatic carbocycles. The second-order valence-electron chi connectivity index (χ2n) is 16.2. The van der Waals surface area contributed by atoms with Gasteiger partial charge < -0.3 is 29.9 Å². The number of likely N-dealkylation sites (N-methyl/N-ethyl adjacent to an activating group) is 1. The maximum atomic E-state index is 16.7. The van der Waals surface area contributed by atoms with Gasteiger partial charge in [0.05, 0.1) is 22.5 Å². The molecule has 4 fully saturated rings. The van der Waals surface area contributed by atoms with Crippen LogP contribution in [0.2, 0.25) is 0 Å². The SMILES string of the molecule is Cc1cc(N)nc(-c2ncc3c(N(C)[C@@H]4CCN(C(=O)/C=C/[C@H]5CCN5C(=O)OC(C)(C)C)C4)nc(OC[C@@]45CCCN4C[C@H](F)C5)nc3c2F)c1C(F)(F)F. The Labute approximate surface area is 321 Å². The van der Waals surface area contributed by atoms with Gasteiger partial charge in [-0.1, -0.05) is 6.08 Å². The monoisotopic (exact) mass is 787 g/mol. The first-order valence-electron chi connectivity index (χ1n) is 18.8. The predicted molar refractivity (Wildman–Crippen MR) is 197 cm³/mol. The van der Waals surface area contributed by atoms with Gasteiger partial charge in [-0.25, -0.2) is 18.6 Å². The first kappa shape index (κ1) is 39.4. The first-order valence-corrected chi connectivity index (χ1v) is 18.8. The van der Waals surface area contributed by atoms with E-state index in [2.05, 4.69) is 19.9 Å². The van der Waals surface area contributed by atoms with Gasteiger partial charge in [0.15, 0.2) is 5.82 Å². The number of carbonyl (C=O) groups excluding carboxylic acids is 2. The van der Waals surface area contributed by atoms with Crippen molar-refractivity contribution in [2.75, 3.05) is 57.0 Å². The predicted octanol–water partition coefficient (Wildman–Crippen LogP) is 5.69. The van der Waals surface area contributed by atoms with Crippen molar-refractivity contribution < 1.29 is 41.0 Å². The van der Waals surface area contributed by atoms with E-state index in [0.29, 0.717) is 38.9 Å². The van der Waals surface area contributed by atoms with Gasteiger partial charge in [-0.15, -0.1) is 0 Å². The van der Waals surface area contributed by atoms with Crippen LogP contribution in [0.15, 0.2) is 24.4 Å². The van der Waals surface area contributed by atoms with Crippen molar-refractivity contribution >= 4 is 34.5 Å². The van der Waals surface area contributed by atoms with Gasteiger partial charge >= 0.3 is 18.3 Å². The van der Waals surface area contributed by atoms with Crippen LogP contribution < -0.4 is 15.4 Å². The average molecular weight is 788 g/mol. The van der Waals surface area contributed by atoms with E-state index in [0.717, 1.165) is 12.5 Å². The number of ether oxygens (including phenoxy) is 2. The molecule has 56 heavy (non-hydrogen) atoms. The van der Waals surface area contributed by atoms with Crippen LogP contribution in [0.4, 0.5) is 38.4 Å². The highest BCUT2D eigenvalue weighted by atomic mass is 19.4. The number of aromatic nitrogens is 4. The fourth-order valence-electron chi connectivity index (χ4n) is 8.28. The number of aryl methyl sites for hydroxylation is 1. The summed E-state index contributed by atoms with van der Waals surface area (Å²) in [4.78, 5) is 49.9. The van der Waals surface area contributed by atoms with Crippen molar-refractivity contribution in [3.05, 3.63) is 41.4 Å². The maximum Gasteiger partial charge on any atom is 0.418 e. The maximum absolute atomic E-state index is 16.7. The molecule has 3 aromatic rings. The van der Waals surface area contributed by atoms with Gasteiger partial charge in [-0.3, -0.25) is 14.7 Å². The lowest BCUT2D eigenvalue weighted by Gasteiger charge is -2.39. The number of rotatable bonds is 8. The number of likely N-dealkylation sites (tertiary alicyclic amines) is 2. The fourth-order valence-corrected chi connectivity index (χ4v) is 8.28. The number of fused-ring (bicyclic) bond motifs is 2. The Morgan fingerprint density at radius 2 is 1.86 bits per heavy atom. The molecule has 7 rings (SSSR count). The third-order valence-corrected chi connectivity index (χ3v) is 11.1. The Morgan fingerprint density at radius 3 is 2.55 bits per heavy atom. The summed E-state index contributed by atoms with van der Waals surface area (Å²) in [5, 5.41) is 0.0949. The van der Waals surface area contributed by atoms with Crippen molar-refractivity contribution in [1.29, 1.82) is 0 Å². The molecule has 4 aliphatic rings. The zero-order chi connectivity index (χ0) is 40.3. The smallest absolute Gasteiger partial charge is 0.418 e. The lowest BCUT2D eigenvalue weighted by atomic mass is 9.95. The number of carbonyl (C=O) groups is 2. The third-order valence-electron chi connectivity index (χ3n) is 11.1. The largest absolute Gasteiger partial charge is 0.461 e. The number of alkyl halides is 4. The zero-order valence-corrected chi connectivity index (χ0v) is 32.0. The van der Waals surface area contributed by atoms with Gasteiger partial charge in [0.2, 0.25) is 5.91 Å². The number of hydrogen-bond donors (Lipinski definition) is 1. The molecular weight excluding hydrogens is 741 g/mol. The van der Waals surface area contributed by atoms with Gasteiger partial charge in [0, 0.05) is 58.0 Å². The summed E-state index contributed by atoms with van der Waals surface area (Å²) in [5.41, 5.74) is 1.35. The molecule has 13 nitrogen and oxygen atoms in total. The van der Waals surface area contributed by atoms with Crippen molar-refractivity contribution in [3.8, 4) is 17.4 Å². The van der Waals surface area contributed by atoms with E-state index in [1.54, 1.807) is 48.6 Å². The van der Waals surface area contributed by atoms with Crippen molar-refractivity contribution in [2.45, 2.75) is 95.4 Å². The molecule has 2 amide bonds. The lowest BCUT2D eigenvalue weighted by molar-refractivity contribution is -0.137. The van der Waals surface area contributed by atoms with Crippen LogP contribution >= 0.6 is 0 Å². The number of halogens is 5. The molecule has 0 aliphatic carbocycles. The number of hydrogen-bond acceptors (Lipinski definition) is 11. The standard InChI is InChI=1S/C38H46F5N9O4/c1-21-15-26(44)46-31(28(21)38(41,42)43)32-29(40)30-25(17-45-32)33(48-34(47-30)55-20-37-11-6-12-51(37)18-22(39)16-37)49(5)24-9-13-50(19-24)27(53)8-7-23-10-14-52(23)35(54)56-36(2,3)4/h7-8,15,17,22-24H,6,9-14,16,18-20H2,1-5H3,(H2,44,46)/b8-7+/t22-,23+,24-,37+/m1/s1. The Hall–Kier alpha value is -4.87. The lowest BCUT2D eigenvalue weighted by Crippen LogP contribution is -2.51. The number of nitrogens with zero attached hydrogens (tertiary/aromatic N) is 8. The summed E-state index contributed by atoms with van der Waals surface area (Å²) in [6.07, 6.45) is 0.998. The van der Waals surface area contributed by atoms with Crippen LogP contribution in [0.3, 0.4) is 0 Å². The Kier molecular flexibility index (Phi) is 10.2. The van der Waals surface area contributed by atoms with E-state index in [1.165, 1.54) is 19.2 Å². The van der Waals surface area contributed by atoms with Gasteiger partial charge in [-0.05, 0) is 71.6 Å². The molecule has 18 heteroatoms. The third kappa shape index (κ3) is 7.63. The van der Waals surface area contributed by atoms with Crippen molar-refractivity contribution in [1.82, 2.24) is 34.6 Å². The van der Waals surface area contributed by atoms with Crippen LogP contribution in [0.1, 0.15) is 64.0 Å².